The van der Waals surface area contributed by atoms with Crippen LogP contribution >= 0.6 is 11.6 Å². The van der Waals surface area contributed by atoms with Gasteiger partial charge in [-0.15, -0.1) is 0 Å². The first-order chi connectivity index (χ1) is 20.9. The van der Waals surface area contributed by atoms with E-state index < -0.39 is 0 Å². The van der Waals surface area contributed by atoms with Gasteiger partial charge in [0, 0.05) is 55.3 Å². The van der Waals surface area contributed by atoms with E-state index in [0.29, 0.717) is 43.4 Å². The summed E-state index contributed by atoms with van der Waals surface area (Å²) in [5.41, 5.74) is 4.98. The molecule has 224 valence electrons. The van der Waals surface area contributed by atoms with Gasteiger partial charge in [0.05, 0.1) is 12.6 Å². The van der Waals surface area contributed by atoms with Crippen LogP contribution in [0.5, 0.6) is 5.75 Å². The van der Waals surface area contributed by atoms with Crippen LogP contribution in [0.3, 0.4) is 0 Å². The third-order valence-corrected chi connectivity index (χ3v) is 8.97. The summed E-state index contributed by atoms with van der Waals surface area (Å²) in [6.07, 6.45) is 4.27. The molecular formula is C35H37ClFN3O3. The molecule has 43 heavy (non-hydrogen) atoms. The third-order valence-electron chi connectivity index (χ3n) is 8.60. The minimum atomic E-state index is -0.305. The van der Waals surface area contributed by atoms with Crippen LogP contribution in [-0.2, 0) is 22.6 Å². The fraction of sp³-hybridized carbons (Fsp3) is 0.371. The topological polar surface area (TPSA) is 61.9 Å². The molecule has 0 spiro atoms. The number of nitrogens with one attached hydrogen (secondary N) is 1. The molecule has 1 aliphatic carbocycles. The van der Waals surface area contributed by atoms with Crippen LogP contribution in [0, 0.1) is 5.82 Å². The fourth-order valence-corrected chi connectivity index (χ4v) is 6.43. The number of rotatable bonds is 10. The van der Waals surface area contributed by atoms with Crippen molar-refractivity contribution in [2.45, 2.75) is 63.7 Å². The molecule has 2 fully saturated rings. The number of ether oxygens (including phenoxy) is 1. The Kier molecular flexibility index (Phi) is 8.82. The maximum Gasteiger partial charge on any atom is 0.252 e. The number of carbonyl (C=O) groups is 2. The SMILES string of the molecule is CC(=O)N1C[C@H]2CC(c3ccc(CCCOc4cccc(F)c4)cc3)=C(C(=O)N(Cc3ccccc3Cl)C3CC3)[C@@H](C1)N2. The van der Waals surface area contributed by atoms with Crippen molar-refractivity contribution >= 4 is 29.0 Å². The molecule has 3 aromatic rings. The smallest absolute Gasteiger partial charge is 0.252 e. The molecule has 2 amide bonds. The maximum atomic E-state index is 14.5. The van der Waals surface area contributed by atoms with Crippen LogP contribution in [0.25, 0.3) is 5.57 Å². The molecule has 8 heteroatoms. The maximum absolute atomic E-state index is 14.5. The minimum absolute atomic E-state index is 0.0253. The summed E-state index contributed by atoms with van der Waals surface area (Å²) < 4.78 is 19.1. The molecule has 2 bridgehead atoms. The molecule has 2 aliphatic heterocycles. The van der Waals surface area contributed by atoms with Gasteiger partial charge >= 0.3 is 0 Å². The van der Waals surface area contributed by atoms with Crippen LogP contribution in [0.15, 0.2) is 78.4 Å². The van der Waals surface area contributed by atoms with Crippen LogP contribution in [-0.4, -0.2) is 59.4 Å². The zero-order valence-electron chi connectivity index (χ0n) is 24.4. The molecule has 3 aromatic carbocycles. The number of hydrogen-bond donors (Lipinski definition) is 1. The Morgan fingerprint density at radius 2 is 1.84 bits per heavy atom. The van der Waals surface area contributed by atoms with Gasteiger partial charge in [-0.2, -0.15) is 0 Å². The molecule has 0 unspecified atom stereocenters. The number of benzene rings is 3. The lowest BCUT2D eigenvalue weighted by atomic mass is 9.82. The predicted molar refractivity (Wildman–Crippen MR) is 166 cm³/mol. The molecule has 2 atom stereocenters. The zero-order valence-corrected chi connectivity index (χ0v) is 25.2. The highest BCUT2D eigenvalue weighted by atomic mass is 35.5. The van der Waals surface area contributed by atoms with Gasteiger partial charge < -0.3 is 19.9 Å². The first-order valence-electron chi connectivity index (χ1n) is 15.1. The van der Waals surface area contributed by atoms with E-state index in [4.69, 9.17) is 16.3 Å². The number of piperazine rings is 1. The van der Waals surface area contributed by atoms with E-state index in [1.807, 2.05) is 34.1 Å². The van der Waals surface area contributed by atoms with Gasteiger partial charge in [0.25, 0.3) is 5.91 Å². The van der Waals surface area contributed by atoms with Crippen LogP contribution < -0.4 is 10.1 Å². The first-order valence-corrected chi connectivity index (χ1v) is 15.5. The Hall–Kier alpha value is -3.68. The highest BCUT2D eigenvalue weighted by Crippen LogP contribution is 2.38. The van der Waals surface area contributed by atoms with Crippen molar-refractivity contribution < 1.29 is 18.7 Å². The monoisotopic (exact) mass is 601 g/mol. The Morgan fingerprint density at radius 1 is 1.05 bits per heavy atom. The highest BCUT2D eigenvalue weighted by molar-refractivity contribution is 6.31. The molecule has 1 N–H and O–H groups in total. The second kappa shape index (κ2) is 12.9. The van der Waals surface area contributed by atoms with Crippen molar-refractivity contribution in [2.24, 2.45) is 0 Å². The van der Waals surface area contributed by atoms with Gasteiger partial charge in [0.1, 0.15) is 11.6 Å². The largest absolute Gasteiger partial charge is 0.493 e. The van der Waals surface area contributed by atoms with E-state index in [-0.39, 0.29) is 35.8 Å². The quantitative estimate of drug-likeness (QED) is 0.288. The Morgan fingerprint density at radius 3 is 2.56 bits per heavy atom. The van der Waals surface area contributed by atoms with Crippen LogP contribution in [0.4, 0.5) is 4.39 Å². The standard InChI is InChI=1S/C35H37ClFN3O3/c1-23(41)39-21-28-19-31(25-13-11-24(12-14-25)6-5-17-43-30-9-4-8-27(37)18-30)34(33(22-39)38-28)35(42)40(29-15-16-29)20-26-7-2-3-10-32(26)36/h2-4,7-14,18,28-29,33,38H,5-6,15-17,19-22H2,1H3/t28-,33-/m1/s1. The van der Waals surface area contributed by atoms with E-state index in [9.17, 15) is 14.0 Å². The molecule has 1 saturated heterocycles. The van der Waals surface area contributed by atoms with Crippen molar-refractivity contribution in [3.8, 4) is 5.75 Å². The number of aryl methyl sites for hydroxylation is 1. The third kappa shape index (κ3) is 6.94. The van der Waals surface area contributed by atoms with Gasteiger partial charge in [-0.1, -0.05) is 60.1 Å². The lowest BCUT2D eigenvalue weighted by molar-refractivity contribution is -0.132. The first kappa shape index (κ1) is 29.4. The lowest BCUT2D eigenvalue weighted by Crippen LogP contribution is -2.61. The second-order valence-electron chi connectivity index (χ2n) is 11.8. The number of fused-ring (bicyclic) bond motifs is 2. The van der Waals surface area contributed by atoms with E-state index in [0.717, 1.165) is 48.0 Å². The van der Waals surface area contributed by atoms with Crippen LogP contribution in [0.1, 0.15) is 49.3 Å². The zero-order chi connectivity index (χ0) is 29.9. The van der Waals surface area contributed by atoms with Crippen molar-refractivity contribution in [2.75, 3.05) is 19.7 Å². The Bertz CT molecular complexity index is 1520. The summed E-state index contributed by atoms with van der Waals surface area (Å²) in [5, 5.41) is 4.32. The van der Waals surface area contributed by atoms with Crippen LogP contribution in [0.2, 0.25) is 5.02 Å². The molecule has 6 rings (SSSR count). The van der Waals surface area contributed by atoms with E-state index in [1.54, 1.807) is 19.1 Å². The van der Waals surface area contributed by atoms with Gasteiger partial charge in [-0.3, -0.25) is 9.59 Å². The molecule has 1 saturated carbocycles. The van der Waals surface area contributed by atoms with Gasteiger partial charge in [0.2, 0.25) is 5.91 Å². The number of halogens is 2. The van der Waals surface area contributed by atoms with Crippen molar-refractivity contribution in [1.82, 2.24) is 15.1 Å². The van der Waals surface area contributed by atoms with E-state index >= 15 is 0 Å². The van der Waals surface area contributed by atoms with Crippen molar-refractivity contribution in [3.05, 3.63) is 106 Å². The average Bonchev–Trinajstić information content (AvgIpc) is 3.84. The molecule has 6 nitrogen and oxygen atoms in total. The predicted octanol–water partition coefficient (Wildman–Crippen LogP) is 6.03. The summed E-state index contributed by atoms with van der Waals surface area (Å²) in [4.78, 5) is 30.7. The molecule has 0 aromatic heterocycles. The number of hydrogen-bond acceptors (Lipinski definition) is 4. The second-order valence-corrected chi connectivity index (χ2v) is 12.2. The highest BCUT2D eigenvalue weighted by Gasteiger charge is 2.43. The van der Waals surface area contributed by atoms with E-state index in [1.165, 1.54) is 17.7 Å². The number of amides is 2. The van der Waals surface area contributed by atoms with Gasteiger partial charge in [-0.05, 0) is 72.6 Å². The van der Waals surface area contributed by atoms with E-state index in [2.05, 4.69) is 29.6 Å². The number of carbonyl (C=O) groups excluding carboxylic acids is 2. The Balaban J connectivity index is 1.24. The summed E-state index contributed by atoms with van der Waals surface area (Å²) in [6.45, 7) is 3.67. The molecule has 2 heterocycles. The number of nitrogens with zero attached hydrogens (tertiary/aromatic N) is 2. The minimum Gasteiger partial charge on any atom is -0.493 e. The summed E-state index contributed by atoms with van der Waals surface area (Å²) in [5.74, 6) is 0.291. The molecule has 3 aliphatic rings. The Labute approximate surface area is 257 Å². The van der Waals surface area contributed by atoms with Gasteiger partial charge in [0.15, 0.2) is 0 Å². The molecule has 0 radical (unpaired) electrons. The fourth-order valence-electron chi connectivity index (χ4n) is 6.24. The summed E-state index contributed by atoms with van der Waals surface area (Å²) in [7, 11) is 0. The summed E-state index contributed by atoms with van der Waals surface area (Å²) in [6, 6.07) is 22.4. The normalized spacial score (nSPS) is 19.7. The van der Waals surface area contributed by atoms with Gasteiger partial charge in [-0.25, -0.2) is 4.39 Å². The van der Waals surface area contributed by atoms with Crippen molar-refractivity contribution in [1.29, 1.82) is 0 Å². The molecular weight excluding hydrogens is 565 g/mol. The average molecular weight is 602 g/mol. The summed E-state index contributed by atoms with van der Waals surface area (Å²) >= 11 is 6.51. The van der Waals surface area contributed by atoms with Crippen molar-refractivity contribution in [3.63, 3.8) is 0 Å². The lowest BCUT2D eigenvalue weighted by Gasteiger charge is -2.44.